The molecular weight excluding hydrogens is 391 g/mol. The van der Waals surface area contributed by atoms with Gasteiger partial charge in [-0.1, -0.05) is 27.7 Å². The molecule has 2 heterocycles. The van der Waals surface area contributed by atoms with E-state index in [2.05, 4.69) is 38.7 Å². The summed E-state index contributed by atoms with van der Waals surface area (Å²) >= 11 is 0. The van der Waals surface area contributed by atoms with Gasteiger partial charge in [-0.05, 0) is 54.4 Å². The van der Waals surface area contributed by atoms with E-state index in [1.54, 1.807) is 14.2 Å². The molecule has 6 nitrogen and oxygen atoms in total. The van der Waals surface area contributed by atoms with Crippen LogP contribution in [-0.2, 0) is 21.4 Å². The molecule has 172 valence electrons. The third kappa shape index (κ3) is 4.72. The minimum atomic E-state index is -0.589. The molecule has 0 amide bonds. The zero-order valence-electron chi connectivity index (χ0n) is 20.2. The normalized spacial score (nSPS) is 26.9. The van der Waals surface area contributed by atoms with Crippen LogP contribution in [-0.4, -0.2) is 58.2 Å². The number of hydrogen-bond acceptors (Lipinski definition) is 6. The fourth-order valence-electron chi connectivity index (χ4n) is 5.26. The van der Waals surface area contributed by atoms with Gasteiger partial charge in [0.1, 0.15) is 20.0 Å². The number of rotatable bonds is 7. The summed E-state index contributed by atoms with van der Waals surface area (Å²) in [5.41, 5.74) is 8.42. The van der Waals surface area contributed by atoms with E-state index >= 15 is 0 Å². The first-order valence-corrected chi connectivity index (χ1v) is 11.6. The lowest BCUT2D eigenvalue weighted by Gasteiger charge is -2.54. The zero-order valence-corrected chi connectivity index (χ0v) is 20.2. The van der Waals surface area contributed by atoms with Crippen molar-refractivity contribution in [3.63, 3.8) is 0 Å². The summed E-state index contributed by atoms with van der Waals surface area (Å²) in [6, 6.07) is 3.63. The molecule has 2 aliphatic heterocycles. The lowest BCUT2D eigenvalue weighted by atomic mass is 9.60. The number of benzene rings is 1. The minimum Gasteiger partial charge on any atom is -0.493 e. The van der Waals surface area contributed by atoms with Crippen molar-refractivity contribution in [3.05, 3.63) is 23.3 Å². The lowest BCUT2D eigenvalue weighted by molar-refractivity contribution is -0.161. The standard InChI is InChI=1S/C24H39BN2O4/c1-14(2)9-17-13-27-8-7-16-10-19(29-5)20(30-6)11-18(16)24(27,25)12-21(17)31-23(28)22(26)15(3)4/h10-11,14-15,17,21-22H,7-9,12-13,25-26H2,1-6H3/t17?,21?,22-,24?/m0/s1. The fourth-order valence-corrected chi connectivity index (χ4v) is 5.26. The first-order valence-electron chi connectivity index (χ1n) is 11.6. The van der Waals surface area contributed by atoms with Crippen molar-refractivity contribution in [1.82, 2.24) is 4.90 Å². The van der Waals surface area contributed by atoms with E-state index in [1.165, 1.54) is 11.1 Å². The molecular formula is C24H39BN2O4. The molecule has 0 bridgehead atoms. The average Bonchev–Trinajstić information content (AvgIpc) is 2.72. The van der Waals surface area contributed by atoms with Crippen molar-refractivity contribution >= 4 is 13.8 Å². The molecule has 0 aliphatic carbocycles. The van der Waals surface area contributed by atoms with Gasteiger partial charge in [0.25, 0.3) is 0 Å². The summed E-state index contributed by atoms with van der Waals surface area (Å²) in [4.78, 5) is 15.4. The number of nitrogens with two attached hydrogens (primary N) is 1. The summed E-state index contributed by atoms with van der Waals surface area (Å²) in [6.07, 6.45) is 2.60. The molecule has 3 rings (SSSR count). The number of nitrogens with zero attached hydrogens (tertiary/aromatic N) is 1. The van der Waals surface area contributed by atoms with Crippen LogP contribution >= 0.6 is 0 Å². The Morgan fingerprint density at radius 2 is 1.87 bits per heavy atom. The Bertz CT molecular complexity index is 800. The third-order valence-electron chi connectivity index (χ3n) is 7.15. The highest BCUT2D eigenvalue weighted by atomic mass is 16.5. The van der Waals surface area contributed by atoms with Crippen LogP contribution in [0.15, 0.2) is 12.1 Å². The third-order valence-corrected chi connectivity index (χ3v) is 7.15. The van der Waals surface area contributed by atoms with E-state index in [1.807, 2.05) is 13.8 Å². The van der Waals surface area contributed by atoms with Crippen molar-refractivity contribution in [1.29, 1.82) is 0 Å². The van der Waals surface area contributed by atoms with Gasteiger partial charge in [-0.25, -0.2) is 0 Å². The fraction of sp³-hybridized carbons (Fsp3) is 0.708. The van der Waals surface area contributed by atoms with Crippen LogP contribution in [0.3, 0.4) is 0 Å². The maximum Gasteiger partial charge on any atom is 0.323 e. The van der Waals surface area contributed by atoms with Crippen molar-refractivity contribution in [2.24, 2.45) is 23.5 Å². The van der Waals surface area contributed by atoms with E-state index in [4.69, 9.17) is 19.9 Å². The largest absolute Gasteiger partial charge is 0.493 e. The maximum absolute atomic E-state index is 12.8. The highest BCUT2D eigenvalue weighted by Crippen LogP contribution is 2.46. The highest BCUT2D eigenvalue weighted by Gasteiger charge is 2.48. The highest BCUT2D eigenvalue weighted by molar-refractivity contribution is 6.16. The zero-order chi connectivity index (χ0) is 22.9. The van der Waals surface area contributed by atoms with Gasteiger partial charge >= 0.3 is 5.97 Å². The van der Waals surface area contributed by atoms with Crippen molar-refractivity contribution in [3.8, 4) is 11.5 Å². The predicted octanol–water partition coefficient (Wildman–Crippen LogP) is 2.31. The molecule has 31 heavy (non-hydrogen) atoms. The molecule has 2 N–H and O–H groups in total. The van der Waals surface area contributed by atoms with Crippen LogP contribution in [0.2, 0.25) is 0 Å². The van der Waals surface area contributed by atoms with E-state index < -0.39 is 6.04 Å². The van der Waals surface area contributed by atoms with Gasteiger partial charge in [-0.15, -0.1) is 0 Å². The molecule has 0 saturated carbocycles. The quantitative estimate of drug-likeness (QED) is 0.529. The first-order chi connectivity index (χ1) is 14.6. The molecule has 1 fully saturated rings. The summed E-state index contributed by atoms with van der Waals surface area (Å²) in [6.45, 7) is 10.3. The summed E-state index contributed by atoms with van der Waals surface area (Å²) in [5.74, 6) is 2.11. The number of hydrogen-bond donors (Lipinski definition) is 1. The van der Waals surface area contributed by atoms with Gasteiger partial charge in [0.15, 0.2) is 11.5 Å². The van der Waals surface area contributed by atoms with Crippen molar-refractivity contribution < 1.29 is 19.0 Å². The molecule has 0 spiro atoms. The Morgan fingerprint density at radius 1 is 1.23 bits per heavy atom. The van der Waals surface area contributed by atoms with Gasteiger partial charge in [-0.3, -0.25) is 4.79 Å². The van der Waals surface area contributed by atoms with Crippen LogP contribution in [0.1, 0.15) is 51.7 Å². The molecule has 7 heteroatoms. The second-order valence-electron chi connectivity index (χ2n) is 10.2. The van der Waals surface area contributed by atoms with E-state index in [9.17, 15) is 4.79 Å². The SMILES string of the molecule is BC12CC(OC(=O)[C@@H](N)C(C)C)C(CC(C)C)CN1CCc1cc(OC)c(OC)cc12. The Kier molecular flexibility index (Phi) is 7.26. The van der Waals surface area contributed by atoms with Gasteiger partial charge in [0.05, 0.1) is 14.2 Å². The van der Waals surface area contributed by atoms with Crippen LogP contribution in [0.4, 0.5) is 0 Å². The number of methoxy groups -OCH3 is 2. The van der Waals surface area contributed by atoms with Gasteiger partial charge < -0.3 is 24.8 Å². The summed E-state index contributed by atoms with van der Waals surface area (Å²) in [5, 5.41) is 0. The Balaban J connectivity index is 1.96. The molecule has 0 radical (unpaired) electrons. The Hall–Kier alpha value is -1.73. The van der Waals surface area contributed by atoms with Crippen molar-refractivity contribution in [2.75, 3.05) is 27.3 Å². The number of esters is 1. The number of fused-ring (bicyclic) bond motifs is 3. The van der Waals surface area contributed by atoms with Gasteiger partial charge in [0.2, 0.25) is 0 Å². The number of ether oxygens (including phenoxy) is 3. The first kappa shape index (κ1) is 23.9. The van der Waals surface area contributed by atoms with E-state index in [0.717, 1.165) is 43.9 Å². The van der Waals surface area contributed by atoms with Crippen LogP contribution in [0.25, 0.3) is 0 Å². The van der Waals surface area contributed by atoms with Gasteiger partial charge in [0, 0.05) is 24.4 Å². The van der Waals surface area contributed by atoms with Crippen LogP contribution in [0, 0.1) is 17.8 Å². The summed E-state index contributed by atoms with van der Waals surface area (Å²) < 4.78 is 17.2. The summed E-state index contributed by atoms with van der Waals surface area (Å²) in [7, 11) is 5.61. The second-order valence-corrected chi connectivity index (χ2v) is 10.2. The number of carbonyl (C=O) groups is 1. The van der Waals surface area contributed by atoms with Crippen molar-refractivity contribution in [2.45, 2.75) is 64.5 Å². The van der Waals surface area contributed by atoms with E-state index in [-0.39, 0.29) is 23.4 Å². The average molecular weight is 430 g/mol. The Labute approximate surface area is 188 Å². The molecule has 1 saturated heterocycles. The van der Waals surface area contributed by atoms with Crippen LogP contribution < -0.4 is 15.2 Å². The number of carbonyl (C=O) groups excluding carboxylic acids is 1. The lowest BCUT2D eigenvalue weighted by Crippen LogP contribution is -2.60. The Morgan fingerprint density at radius 3 is 2.45 bits per heavy atom. The number of piperidine rings is 1. The molecule has 2 aliphatic rings. The monoisotopic (exact) mass is 430 g/mol. The van der Waals surface area contributed by atoms with Gasteiger partial charge in [-0.2, -0.15) is 0 Å². The minimum absolute atomic E-state index is 0.0545. The topological polar surface area (TPSA) is 74.0 Å². The predicted molar refractivity (Wildman–Crippen MR) is 125 cm³/mol. The maximum atomic E-state index is 12.8. The molecule has 4 atom stereocenters. The second kappa shape index (κ2) is 9.41. The molecule has 1 aromatic carbocycles. The molecule has 3 unspecified atom stereocenters. The van der Waals surface area contributed by atoms with E-state index in [0.29, 0.717) is 11.8 Å². The smallest absolute Gasteiger partial charge is 0.323 e. The molecule has 1 aromatic rings. The molecule has 0 aromatic heterocycles. The van der Waals surface area contributed by atoms with Crippen LogP contribution in [0.5, 0.6) is 11.5 Å².